The van der Waals surface area contributed by atoms with Gasteiger partial charge in [0.15, 0.2) is 0 Å². The van der Waals surface area contributed by atoms with Crippen molar-refractivity contribution in [2.75, 3.05) is 30.3 Å². The first kappa shape index (κ1) is 20.1. The molecule has 0 saturated carbocycles. The Labute approximate surface area is 148 Å². The molecule has 2 aliphatic rings. The van der Waals surface area contributed by atoms with E-state index in [0.717, 1.165) is 43.2 Å². The summed E-state index contributed by atoms with van der Waals surface area (Å²) in [6.45, 7) is 2.62. The molecule has 1 aliphatic carbocycles. The van der Waals surface area contributed by atoms with Crippen molar-refractivity contribution in [3.63, 3.8) is 0 Å². The number of nitrogens with two attached hydrogens (primary N) is 1. The van der Waals surface area contributed by atoms with Crippen molar-refractivity contribution in [2.45, 2.75) is 12.8 Å². The minimum Gasteiger partial charge on any atom is -0.489 e. The average molecular weight is 484 g/mol. The Morgan fingerprint density at radius 1 is 1.24 bits per heavy atom. The van der Waals surface area contributed by atoms with Crippen molar-refractivity contribution < 1.29 is 24.8 Å². The molecule has 1 aromatic carbocycles. The molecule has 3 nitrogen and oxygen atoms in total. The van der Waals surface area contributed by atoms with Crippen molar-refractivity contribution in [1.82, 2.24) is 0 Å². The van der Waals surface area contributed by atoms with Gasteiger partial charge >= 0.3 is 0 Å². The maximum absolute atomic E-state index is 5.79. The molecule has 3 rings (SSSR count). The Morgan fingerprint density at radius 3 is 2.76 bits per heavy atom. The smallest absolute Gasteiger partial charge is 0.144 e. The molecule has 0 fully saturated rings. The van der Waals surface area contributed by atoms with Crippen molar-refractivity contribution in [3.05, 3.63) is 49.4 Å². The summed E-state index contributed by atoms with van der Waals surface area (Å²) in [6, 6.07) is 5.90. The molecule has 0 aromatic heterocycles. The summed E-state index contributed by atoms with van der Waals surface area (Å²) in [5, 5.41) is 0. The van der Waals surface area contributed by atoms with Gasteiger partial charge in [-0.25, -0.2) is 0 Å². The molecule has 0 spiro atoms. The number of rotatable bonds is 2. The minimum absolute atomic E-state index is 0. The van der Waals surface area contributed by atoms with Gasteiger partial charge in [-0.3, -0.25) is 0 Å². The normalized spacial score (nSPS) is 15.4. The topological polar surface area (TPSA) is 38.5 Å². The van der Waals surface area contributed by atoms with Gasteiger partial charge in [0.25, 0.3) is 0 Å². The van der Waals surface area contributed by atoms with Crippen molar-refractivity contribution in [2.24, 2.45) is 0 Å². The number of fused-ring (bicyclic) bond motifs is 1. The SMILES string of the molecule is Nc1ccc2c(c1)OCCN2CC1=CCCC=C1.S.[CH3-].[Ir]. The minimum atomic E-state index is 0. The van der Waals surface area contributed by atoms with Crippen LogP contribution >= 0.6 is 13.5 Å². The second-order valence-electron chi connectivity index (χ2n) is 4.76. The van der Waals surface area contributed by atoms with Crippen LogP contribution in [-0.4, -0.2) is 19.7 Å². The molecule has 0 bridgehead atoms. The molecule has 0 amide bonds. The predicted octanol–water partition coefficient (Wildman–Crippen LogP) is 3.30. The number of benzene rings is 1. The first-order chi connectivity index (χ1) is 8.83. The van der Waals surface area contributed by atoms with Crippen LogP contribution in [0.2, 0.25) is 0 Å². The molecule has 21 heavy (non-hydrogen) atoms. The molecule has 0 saturated heterocycles. The fraction of sp³-hybridized carbons (Fsp3) is 0.312. The van der Waals surface area contributed by atoms with Crippen LogP contribution in [0.4, 0.5) is 11.4 Å². The van der Waals surface area contributed by atoms with Gasteiger partial charge in [-0.15, -0.1) is 0 Å². The molecule has 0 unspecified atom stereocenters. The number of allylic oxidation sites excluding steroid dienone is 2. The molecule has 0 atom stereocenters. The van der Waals surface area contributed by atoms with E-state index in [1.807, 2.05) is 12.1 Å². The number of hydrogen-bond donors (Lipinski definition) is 1. The van der Waals surface area contributed by atoms with Crippen LogP contribution in [0.3, 0.4) is 0 Å². The third kappa shape index (κ3) is 4.80. The predicted molar refractivity (Wildman–Crippen MR) is 91.8 cm³/mol. The number of nitrogen functional groups attached to an aromatic ring is 1. The molecule has 1 radical (unpaired) electrons. The van der Waals surface area contributed by atoms with Crippen molar-refractivity contribution in [3.8, 4) is 5.75 Å². The quantitative estimate of drug-likeness (QED) is 0.518. The van der Waals surface area contributed by atoms with Gasteiger partial charge < -0.3 is 22.8 Å². The Hall–Kier alpha value is -0.901. The van der Waals surface area contributed by atoms with Gasteiger partial charge in [-0.1, -0.05) is 18.2 Å². The summed E-state index contributed by atoms with van der Waals surface area (Å²) >= 11 is 0. The molecular formula is C16H23IrN2OS-. The van der Waals surface area contributed by atoms with Crippen LogP contribution in [0, 0.1) is 7.43 Å². The number of anilines is 2. The second kappa shape index (κ2) is 9.19. The van der Waals surface area contributed by atoms with Gasteiger partial charge in [0.2, 0.25) is 0 Å². The summed E-state index contributed by atoms with van der Waals surface area (Å²) in [4.78, 5) is 2.36. The summed E-state index contributed by atoms with van der Waals surface area (Å²) in [5.41, 5.74) is 9.09. The van der Waals surface area contributed by atoms with E-state index >= 15 is 0 Å². The van der Waals surface area contributed by atoms with Crippen molar-refractivity contribution in [1.29, 1.82) is 0 Å². The first-order valence-electron chi connectivity index (χ1n) is 6.46. The van der Waals surface area contributed by atoms with Gasteiger partial charge in [-0.05, 0) is 30.5 Å². The largest absolute Gasteiger partial charge is 0.489 e. The van der Waals surface area contributed by atoms with Crippen LogP contribution < -0.4 is 15.4 Å². The zero-order chi connectivity index (χ0) is 12.4. The monoisotopic (exact) mass is 484 g/mol. The number of nitrogens with zero attached hydrogens (tertiary/aromatic N) is 1. The Morgan fingerprint density at radius 2 is 2.05 bits per heavy atom. The van der Waals surface area contributed by atoms with Crippen LogP contribution in [0.1, 0.15) is 12.8 Å². The molecule has 5 heteroatoms. The maximum atomic E-state index is 5.79. The van der Waals surface area contributed by atoms with E-state index in [1.54, 1.807) is 0 Å². The summed E-state index contributed by atoms with van der Waals surface area (Å²) in [6.07, 6.45) is 9.13. The van der Waals surface area contributed by atoms with E-state index in [2.05, 4.69) is 29.2 Å². The molecule has 2 N–H and O–H groups in total. The number of hydrogen-bond acceptors (Lipinski definition) is 3. The molecule has 1 aromatic rings. The van der Waals surface area contributed by atoms with Crippen molar-refractivity contribution >= 4 is 24.9 Å². The van der Waals surface area contributed by atoms with E-state index in [1.165, 1.54) is 12.0 Å². The first-order valence-corrected chi connectivity index (χ1v) is 6.46. The van der Waals surface area contributed by atoms with Gasteiger partial charge in [-0.2, -0.15) is 13.5 Å². The van der Waals surface area contributed by atoms with Crippen LogP contribution in [0.5, 0.6) is 5.75 Å². The Balaban J connectivity index is 0.00000133. The van der Waals surface area contributed by atoms with Crippen LogP contribution in [0.15, 0.2) is 42.0 Å². The zero-order valence-electron chi connectivity index (χ0n) is 12.3. The fourth-order valence-electron chi connectivity index (χ4n) is 2.46. The summed E-state index contributed by atoms with van der Waals surface area (Å²) < 4.78 is 5.66. The van der Waals surface area contributed by atoms with E-state index in [-0.39, 0.29) is 41.0 Å². The standard InChI is InChI=1S/C15H18N2O.CH3.Ir.H2S/c16-13-6-7-14-15(10-13)18-9-8-17(14)11-12-4-2-1-3-5-12;;;/h2,4-7,10H,1,3,8-9,11,16H2;1H3;;1H2/q;-1;;. The van der Waals surface area contributed by atoms with Gasteiger partial charge in [0, 0.05) is 38.4 Å². The third-order valence-corrected chi connectivity index (χ3v) is 3.39. The van der Waals surface area contributed by atoms with E-state index in [0.29, 0.717) is 0 Å². The summed E-state index contributed by atoms with van der Waals surface area (Å²) in [7, 11) is 0. The maximum Gasteiger partial charge on any atom is 0.144 e. The fourth-order valence-corrected chi connectivity index (χ4v) is 2.46. The van der Waals surface area contributed by atoms with E-state index < -0.39 is 0 Å². The molecular weight excluding hydrogens is 460 g/mol. The average Bonchev–Trinajstić information content (AvgIpc) is 2.40. The van der Waals surface area contributed by atoms with E-state index in [9.17, 15) is 0 Å². The van der Waals surface area contributed by atoms with Gasteiger partial charge in [0.05, 0.1) is 12.2 Å². The van der Waals surface area contributed by atoms with Gasteiger partial charge in [0.1, 0.15) is 12.4 Å². The second-order valence-corrected chi connectivity index (χ2v) is 4.76. The molecule has 1 heterocycles. The summed E-state index contributed by atoms with van der Waals surface area (Å²) in [5.74, 6) is 0.904. The number of ether oxygens (including phenoxy) is 1. The van der Waals surface area contributed by atoms with E-state index in [4.69, 9.17) is 10.5 Å². The van der Waals surface area contributed by atoms with Crippen LogP contribution in [0.25, 0.3) is 0 Å². The van der Waals surface area contributed by atoms with Crippen LogP contribution in [-0.2, 0) is 20.1 Å². The Bertz CT molecular complexity index is 517. The molecule has 1 aliphatic heterocycles. The third-order valence-electron chi connectivity index (χ3n) is 3.39. The zero-order valence-corrected chi connectivity index (χ0v) is 15.7. The molecule has 119 valence electrons. The Kier molecular flexibility index (Phi) is 8.79.